The van der Waals surface area contributed by atoms with Crippen LogP contribution in [0.1, 0.15) is 75.6 Å². The first kappa shape index (κ1) is 45.6. The quantitative estimate of drug-likeness (QED) is 0.0959. The summed E-state index contributed by atoms with van der Waals surface area (Å²) in [6.07, 6.45) is 4.21. The number of aromatic nitrogens is 1. The van der Waals surface area contributed by atoms with Gasteiger partial charge in [0.1, 0.15) is 11.5 Å². The van der Waals surface area contributed by atoms with Crippen LogP contribution in [0.2, 0.25) is 0 Å². The van der Waals surface area contributed by atoms with E-state index in [1.807, 2.05) is 0 Å². The summed E-state index contributed by atoms with van der Waals surface area (Å²) in [5.74, 6) is 1.83. The SMILES string of the molecule is CCCCOc1cc(-c2ccc3c(c2)c2cc(C)ccc2n3-c2ccc3c(c2)C(C)(C)c2cc(N(c4ccc(-c5ccccc5)cc4)c4ccc(-c5ccccc5)cc4)ccc2-3)c(OCCCC)cc1C. The van der Waals surface area contributed by atoms with Crippen LogP contribution < -0.4 is 14.4 Å². The molecule has 0 saturated carbocycles. The predicted octanol–water partition coefficient (Wildman–Crippen LogP) is 18.5. The van der Waals surface area contributed by atoms with Crippen molar-refractivity contribution >= 4 is 38.9 Å². The van der Waals surface area contributed by atoms with Gasteiger partial charge in [-0.25, -0.2) is 0 Å². The third-order valence-electron chi connectivity index (χ3n) is 14.6. The lowest BCUT2D eigenvalue weighted by Crippen LogP contribution is -2.17. The Morgan fingerprint density at radius 1 is 0.437 bits per heavy atom. The lowest BCUT2D eigenvalue weighted by molar-refractivity contribution is 0.300. The Bertz CT molecular complexity index is 3450. The Morgan fingerprint density at radius 2 is 0.944 bits per heavy atom. The van der Waals surface area contributed by atoms with Gasteiger partial charge in [-0.2, -0.15) is 0 Å². The van der Waals surface area contributed by atoms with Crippen molar-refractivity contribution in [3.8, 4) is 61.7 Å². The number of hydrogen-bond donors (Lipinski definition) is 0. The minimum Gasteiger partial charge on any atom is -0.493 e. The average Bonchev–Trinajstić information content (AvgIpc) is 3.84. The second kappa shape index (κ2) is 19.2. The van der Waals surface area contributed by atoms with Crippen LogP contribution in [0.25, 0.3) is 72.0 Å². The van der Waals surface area contributed by atoms with E-state index in [-0.39, 0.29) is 5.41 Å². The van der Waals surface area contributed by atoms with Crippen molar-refractivity contribution < 1.29 is 9.47 Å². The van der Waals surface area contributed by atoms with Crippen molar-refractivity contribution in [2.45, 2.75) is 72.6 Å². The zero-order valence-electron chi connectivity index (χ0n) is 41.9. The molecule has 0 bridgehead atoms. The molecule has 71 heavy (non-hydrogen) atoms. The molecule has 0 aliphatic heterocycles. The lowest BCUT2D eigenvalue weighted by atomic mass is 9.82. The number of fused-ring (bicyclic) bond motifs is 6. The van der Waals surface area contributed by atoms with Gasteiger partial charge in [-0.1, -0.05) is 155 Å². The topological polar surface area (TPSA) is 26.6 Å². The normalized spacial score (nSPS) is 12.5. The second-order valence-corrected chi connectivity index (χ2v) is 19.9. The Morgan fingerprint density at radius 3 is 1.55 bits per heavy atom. The summed E-state index contributed by atoms with van der Waals surface area (Å²) in [7, 11) is 0. The van der Waals surface area contributed by atoms with Crippen LogP contribution in [0.4, 0.5) is 17.1 Å². The van der Waals surface area contributed by atoms with E-state index >= 15 is 0 Å². The molecule has 9 aromatic carbocycles. The highest BCUT2D eigenvalue weighted by atomic mass is 16.5. The van der Waals surface area contributed by atoms with Gasteiger partial charge in [0, 0.05) is 44.5 Å². The number of hydrogen-bond acceptors (Lipinski definition) is 3. The summed E-state index contributed by atoms with van der Waals surface area (Å²) in [5.41, 5.74) is 21.2. The van der Waals surface area contributed by atoms with Crippen LogP contribution in [0, 0.1) is 13.8 Å². The van der Waals surface area contributed by atoms with Crippen LogP contribution in [-0.4, -0.2) is 17.8 Å². The van der Waals surface area contributed by atoms with Gasteiger partial charge in [-0.15, -0.1) is 0 Å². The Labute approximate surface area is 419 Å². The Kier molecular flexibility index (Phi) is 12.3. The summed E-state index contributed by atoms with van der Waals surface area (Å²) < 4.78 is 15.3. The zero-order chi connectivity index (χ0) is 48.6. The smallest absolute Gasteiger partial charge is 0.127 e. The molecule has 4 nitrogen and oxygen atoms in total. The third-order valence-corrected chi connectivity index (χ3v) is 14.6. The molecular formula is C67H62N2O2. The second-order valence-electron chi connectivity index (χ2n) is 19.9. The molecule has 0 unspecified atom stereocenters. The van der Waals surface area contributed by atoms with Crippen molar-refractivity contribution in [1.82, 2.24) is 4.57 Å². The van der Waals surface area contributed by atoms with Gasteiger partial charge < -0.3 is 18.9 Å². The lowest BCUT2D eigenvalue weighted by Gasteiger charge is -2.28. The number of unbranched alkanes of at least 4 members (excludes halogenated alkanes) is 2. The molecule has 0 radical (unpaired) electrons. The first-order valence-corrected chi connectivity index (χ1v) is 25.6. The number of aryl methyl sites for hydroxylation is 2. The molecule has 10 aromatic rings. The van der Waals surface area contributed by atoms with Gasteiger partial charge in [0.2, 0.25) is 0 Å². The number of nitrogens with zero attached hydrogens (tertiary/aromatic N) is 2. The molecule has 0 saturated heterocycles. The first-order chi connectivity index (χ1) is 34.7. The maximum Gasteiger partial charge on any atom is 0.127 e. The minimum absolute atomic E-state index is 0.268. The van der Waals surface area contributed by atoms with Gasteiger partial charge in [0.25, 0.3) is 0 Å². The zero-order valence-corrected chi connectivity index (χ0v) is 41.9. The minimum atomic E-state index is -0.268. The molecule has 0 atom stereocenters. The largest absolute Gasteiger partial charge is 0.493 e. The van der Waals surface area contributed by atoms with E-state index in [1.165, 1.54) is 71.9 Å². The van der Waals surface area contributed by atoms with Crippen molar-refractivity contribution in [3.63, 3.8) is 0 Å². The van der Waals surface area contributed by atoms with Crippen LogP contribution >= 0.6 is 0 Å². The van der Waals surface area contributed by atoms with E-state index in [1.54, 1.807) is 0 Å². The predicted molar refractivity (Wildman–Crippen MR) is 300 cm³/mol. The molecule has 0 N–H and O–H groups in total. The maximum absolute atomic E-state index is 6.52. The van der Waals surface area contributed by atoms with E-state index < -0.39 is 0 Å². The fourth-order valence-electron chi connectivity index (χ4n) is 10.7. The van der Waals surface area contributed by atoms with Crippen molar-refractivity contribution in [2.24, 2.45) is 0 Å². The molecule has 0 spiro atoms. The highest BCUT2D eigenvalue weighted by molar-refractivity contribution is 6.11. The average molecular weight is 927 g/mol. The highest BCUT2D eigenvalue weighted by Gasteiger charge is 2.37. The van der Waals surface area contributed by atoms with Gasteiger partial charge in [0.05, 0.1) is 24.2 Å². The summed E-state index contributed by atoms with van der Waals surface area (Å²) in [6, 6.07) is 71.6. The van der Waals surface area contributed by atoms with Crippen LogP contribution in [0.5, 0.6) is 11.5 Å². The van der Waals surface area contributed by atoms with E-state index in [4.69, 9.17) is 9.47 Å². The summed E-state index contributed by atoms with van der Waals surface area (Å²) in [5, 5.41) is 2.46. The summed E-state index contributed by atoms with van der Waals surface area (Å²) >= 11 is 0. The highest BCUT2D eigenvalue weighted by Crippen LogP contribution is 2.52. The molecule has 1 heterocycles. The van der Waals surface area contributed by atoms with Crippen molar-refractivity contribution in [1.29, 1.82) is 0 Å². The van der Waals surface area contributed by atoms with Gasteiger partial charge in [0.15, 0.2) is 0 Å². The Hall–Kier alpha value is -7.82. The van der Waals surface area contributed by atoms with Crippen LogP contribution in [0.15, 0.2) is 194 Å². The molecular weight excluding hydrogens is 865 g/mol. The first-order valence-electron chi connectivity index (χ1n) is 25.6. The molecule has 4 heteroatoms. The number of ether oxygens (including phenoxy) is 2. The van der Waals surface area contributed by atoms with Crippen molar-refractivity contribution in [3.05, 3.63) is 216 Å². The Balaban J connectivity index is 0.985. The number of benzene rings is 9. The van der Waals surface area contributed by atoms with Gasteiger partial charge in [-0.3, -0.25) is 0 Å². The van der Waals surface area contributed by atoms with E-state index in [0.717, 1.165) is 76.6 Å². The fourth-order valence-corrected chi connectivity index (χ4v) is 10.7. The third kappa shape index (κ3) is 8.56. The molecule has 0 fully saturated rings. The number of anilines is 3. The number of rotatable bonds is 15. The molecule has 1 aromatic heterocycles. The fraction of sp³-hybridized carbons (Fsp3) is 0.194. The summed E-state index contributed by atoms with van der Waals surface area (Å²) in [6.45, 7) is 14.9. The van der Waals surface area contributed by atoms with Crippen molar-refractivity contribution in [2.75, 3.05) is 18.1 Å². The van der Waals surface area contributed by atoms with Crippen LogP contribution in [0.3, 0.4) is 0 Å². The van der Waals surface area contributed by atoms with Gasteiger partial charge in [-0.05, 0) is 167 Å². The molecule has 352 valence electrons. The van der Waals surface area contributed by atoms with E-state index in [9.17, 15) is 0 Å². The molecule has 1 aliphatic carbocycles. The molecule has 0 amide bonds. The van der Waals surface area contributed by atoms with E-state index in [2.05, 4.69) is 245 Å². The molecule has 1 aliphatic rings. The van der Waals surface area contributed by atoms with Gasteiger partial charge >= 0.3 is 0 Å². The molecule has 11 rings (SSSR count). The summed E-state index contributed by atoms with van der Waals surface area (Å²) in [4.78, 5) is 2.40. The standard InChI is InChI=1S/C67H62N2O2/c1-7-9-37-70-65-44-58(66(40-46(65)4)71-38-10-8-2)51-26-36-64-60(41-51)59-39-45(3)21-35-63(59)69(64)55-32-34-57-56-33-31-54(42-61(56)67(5,6)62(57)43-55)68(52-27-22-49(23-28-52)47-17-13-11-14-18-47)53-29-24-50(25-30-53)48-19-15-12-16-20-48/h11-36,39-44H,7-10,37-38H2,1-6H3. The maximum atomic E-state index is 6.52. The van der Waals surface area contributed by atoms with Crippen LogP contribution in [-0.2, 0) is 5.41 Å². The van der Waals surface area contributed by atoms with E-state index in [0.29, 0.717) is 13.2 Å². The monoisotopic (exact) mass is 926 g/mol.